The van der Waals surface area contributed by atoms with Gasteiger partial charge in [0.2, 0.25) is 0 Å². The van der Waals surface area contributed by atoms with E-state index in [9.17, 15) is 23.6 Å². The Labute approximate surface area is 255 Å². The molecule has 11 nitrogen and oxygen atoms in total. The maximum Gasteiger partial charge on any atom is 0.418 e. The van der Waals surface area contributed by atoms with Gasteiger partial charge >= 0.3 is 6.09 Å². The van der Waals surface area contributed by atoms with Crippen LogP contribution in [-0.4, -0.2) is 108 Å². The number of ether oxygens (including phenoxy) is 3. The molecule has 5 rings (SSSR count). The van der Waals surface area contributed by atoms with E-state index in [1.165, 1.54) is 42.5 Å². The molecule has 0 aliphatic carbocycles. The lowest BCUT2D eigenvalue weighted by atomic mass is 10.0. The second-order valence-corrected chi connectivity index (χ2v) is 11.1. The molecule has 0 saturated carbocycles. The second kappa shape index (κ2) is 13.1. The van der Waals surface area contributed by atoms with Gasteiger partial charge in [-0.2, -0.15) is 0 Å². The van der Waals surface area contributed by atoms with E-state index in [1.807, 2.05) is 13.8 Å². The number of carbonyl (C=O) groups excluding carboxylic acids is 4. The maximum absolute atomic E-state index is 14.1. The fourth-order valence-corrected chi connectivity index (χ4v) is 5.82. The fourth-order valence-electron chi connectivity index (χ4n) is 5.82. The standard InChI is InChI=1S/C32H37FN4O7/c1-5-44-32(41)37-19-26(29(38)31(40)34-10-12-43-13-11-34)24-14-25(28(42-4)15-27(24)37)30(39)36-17-20(2)35(16-21(36)3)18-22-6-8-23(33)9-7-22/h6-9,14-15,19-21H,5,10-13,16-18H2,1-4H3. The van der Waals surface area contributed by atoms with Crippen LogP contribution < -0.4 is 4.74 Å². The number of hydrogen-bond acceptors (Lipinski definition) is 8. The Morgan fingerprint density at radius 3 is 2.34 bits per heavy atom. The number of amides is 2. The molecule has 2 aliphatic heterocycles. The summed E-state index contributed by atoms with van der Waals surface area (Å²) in [6.07, 6.45) is 0.562. The summed E-state index contributed by atoms with van der Waals surface area (Å²) in [5.41, 5.74) is 1.46. The molecular weight excluding hydrogens is 571 g/mol. The first-order valence-corrected chi connectivity index (χ1v) is 14.7. The lowest BCUT2D eigenvalue weighted by Crippen LogP contribution is -2.57. The minimum absolute atomic E-state index is 0.00288. The topological polar surface area (TPSA) is 111 Å². The van der Waals surface area contributed by atoms with Gasteiger partial charge in [0, 0.05) is 62.5 Å². The molecule has 2 saturated heterocycles. The molecule has 44 heavy (non-hydrogen) atoms. The highest BCUT2D eigenvalue weighted by molar-refractivity contribution is 6.45. The van der Waals surface area contributed by atoms with Gasteiger partial charge in [0.15, 0.2) is 0 Å². The highest BCUT2D eigenvalue weighted by atomic mass is 19.1. The highest BCUT2D eigenvalue weighted by Gasteiger charge is 2.35. The smallest absolute Gasteiger partial charge is 0.418 e. The van der Waals surface area contributed by atoms with Crippen LogP contribution in [0.3, 0.4) is 0 Å². The van der Waals surface area contributed by atoms with Crippen LogP contribution in [0.4, 0.5) is 9.18 Å². The molecular formula is C32H37FN4O7. The SMILES string of the molecule is CCOC(=O)n1cc(C(=O)C(=O)N2CCOCC2)c2cc(C(=O)N3CC(C)N(Cc4ccc(F)cc4)CC3C)c(OC)cc21. The number of halogens is 1. The number of benzene rings is 2. The lowest BCUT2D eigenvalue weighted by Gasteiger charge is -2.44. The summed E-state index contributed by atoms with van der Waals surface area (Å²) in [5, 5.41) is 0.268. The number of methoxy groups -OCH3 is 1. The summed E-state index contributed by atoms with van der Waals surface area (Å²) in [6, 6.07) is 9.27. The minimum atomic E-state index is -0.792. The van der Waals surface area contributed by atoms with Gasteiger partial charge in [-0.15, -0.1) is 0 Å². The molecule has 3 aromatic rings. The van der Waals surface area contributed by atoms with Crippen LogP contribution in [0.15, 0.2) is 42.6 Å². The number of morpholine rings is 1. The normalized spacial score (nSPS) is 19.2. The summed E-state index contributed by atoms with van der Waals surface area (Å²) >= 11 is 0. The van der Waals surface area contributed by atoms with E-state index in [0.717, 1.165) is 10.1 Å². The van der Waals surface area contributed by atoms with E-state index >= 15 is 0 Å². The van der Waals surface area contributed by atoms with E-state index in [1.54, 1.807) is 24.0 Å². The molecule has 234 valence electrons. The number of nitrogens with zero attached hydrogens (tertiary/aromatic N) is 4. The van der Waals surface area contributed by atoms with Gasteiger partial charge in [-0.05, 0) is 44.5 Å². The number of ketones is 1. The summed E-state index contributed by atoms with van der Waals surface area (Å²) in [4.78, 5) is 59.1. The first-order valence-electron chi connectivity index (χ1n) is 14.7. The Hall–Kier alpha value is -4.29. The summed E-state index contributed by atoms with van der Waals surface area (Å²) in [6.45, 7) is 8.60. The second-order valence-electron chi connectivity index (χ2n) is 11.1. The number of Topliss-reactive ketones (excluding diaryl/α,β-unsaturated/α-hetero) is 1. The Morgan fingerprint density at radius 2 is 1.68 bits per heavy atom. The van der Waals surface area contributed by atoms with Crippen molar-refractivity contribution in [2.75, 3.05) is 53.1 Å². The largest absolute Gasteiger partial charge is 0.496 e. The number of rotatable bonds is 7. The molecule has 0 spiro atoms. The Balaban J connectivity index is 1.48. The van der Waals surface area contributed by atoms with Gasteiger partial charge in [-0.1, -0.05) is 12.1 Å². The third-order valence-corrected chi connectivity index (χ3v) is 8.23. The zero-order valence-electron chi connectivity index (χ0n) is 25.4. The molecule has 2 atom stereocenters. The van der Waals surface area contributed by atoms with Crippen molar-refractivity contribution in [1.82, 2.24) is 19.3 Å². The summed E-state index contributed by atoms with van der Waals surface area (Å²) in [5.74, 6) is -1.87. The van der Waals surface area contributed by atoms with E-state index in [-0.39, 0.29) is 71.3 Å². The van der Waals surface area contributed by atoms with Gasteiger partial charge in [-0.25, -0.2) is 9.18 Å². The predicted octanol–water partition coefficient (Wildman–Crippen LogP) is 3.57. The molecule has 0 radical (unpaired) electrons. The van der Waals surface area contributed by atoms with Crippen LogP contribution in [0, 0.1) is 5.82 Å². The van der Waals surface area contributed by atoms with Crippen LogP contribution in [0.2, 0.25) is 0 Å². The van der Waals surface area contributed by atoms with Crippen molar-refractivity contribution in [1.29, 1.82) is 0 Å². The average Bonchev–Trinajstić information content (AvgIpc) is 3.41. The molecule has 2 amide bonds. The van der Waals surface area contributed by atoms with Crippen molar-refractivity contribution in [3.63, 3.8) is 0 Å². The molecule has 2 aliphatic rings. The molecule has 2 fully saturated rings. The number of piperazine rings is 1. The first-order chi connectivity index (χ1) is 21.1. The van der Waals surface area contributed by atoms with Crippen molar-refractivity contribution in [2.24, 2.45) is 0 Å². The van der Waals surface area contributed by atoms with Crippen molar-refractivity contribution in [2.45, 2.75) is 39.4 Å². The zero-order chi connectivity index (χ0) is 31.5. The molecule has 2 unspecified atom stereocenters. The number of hydrogen-bond donors (Lipinski definition) is 0. The summed E-state index contributed by atoms with van der Waals surface area (Å²) < 4.78 is 30.7. The van der Waals surface area contributed by atoms with Gasteiger partial charge in [0.05, 0.1) is 43.6 Å². The van der Waals surface area contributed by atoms with Crippen LogP contribution in [0.25, 0.3) is 10.9 Å². The highest BCUT2D eigenvalue weighted by Crippen LogP contribution is 2.33. The Kier molecular flexibility index (Phi) is 9.31. The molecule has 2 aromatic carbocycles. The first kappa shape index (κ1) is 31.1. The number of aromatic nitrogens is 1. The van der Waals surface area contributed by atoms with Crippen molar-refractivity contribution in [3.05, 3.63) is 65.1 Å². The monoisotopic (exact) mass is 608 g/mol. The molecule has 1 aromatic heterocycles. The minimum Gasteiger partial charge on any atom is -0.496 e. The molecule has 0 bridgehead atoms. The van der Waals surface area contributed by atoms with E-state index < -0.39 is 17.8 Å². The fraction of sp³-hybridized carbons (Fsp3) is 0.438. The van der Waals surface area contributed by atoms with Crippen molar-refractivity contribution in [3.8, 4) is 5.75 Å². The van der Waals surface area contributed by atoms with Crippen molar-refractivity contribution >= 4 is 34.6 Å². The van der Waals surface area contributed by atoms with Gasteiger partial charge in [0.25, 0.3) is 17.6 Å². The quantitative estimate of drug-likeness (QED) is 0.296. The maximum atomic E-state index is 14.1. The van der Waals surface area contributed by atoms with Crippen LogP contribution in [-0.2, 0) is 20.8 Å². The van der Waals surface area contributed by atoms with Crippen LogP contribution in [0.1, 0.15) is 47.1 Å². The zero-order valence-corrected chi connectivity index (χ0v) is 25.4. The predicted molar refractivity (Wildman–Crippen MR) is 159 cm³/mol. The van der Waals surface area contributed by atoms with E-state index in [2.05, 4.69) is 4.90 Å². The van der Waals surface area contributed by atoms with Crippen LogP contribution >= 0.6 is 0 Å². The molecule has 12 heteroatoms. The third kappa shape index (κ3) is 6.18. The average molecular weight is 609 g/mol. The Morgan fingerprint density at radius 1 is 0.977 bits per heavy atom. The van der Waals surface area contributed by atoms with Crippen LogP contribution in [0.5, 0.6) is 5.75 Å². The number of fused-ring (bicyclic) bond motifs is 1. The lowest BCUT2D eigenvalue weighted by molar-refractivity contribution is -0.130. The Bertz CT molecular complexity index is 1560. The van der Waals surface area contributed by atoms with Gasteiger partial charge in [-0.3, -0.25) is 23.9 Å². The van der Waals surface area contributed by atoms with Crippen molar-refractivity contribution < 1.29 is 37.8 Å². The molecule has 3 heterocycles. The van der Waals surface area contributed by atoms with Gasteiger partial charge < -0.3 is 24.0 Å². The number of carbonyl (C=O) groups is 4. The van der Waals surface area contributed by atoms with E-state index in [0.29, 0.717) is 32.8 Å². The molecule has 0 N–H and O–H groups in total. The van der Waals surface area contributed by atoms with Gasteiger partial charge in [0.1, 0.15) is 11.6 Å². The summed E-state index contributed by atoms with van der Waals surface area (Å²) in [7, 11) is 1.43. The van der Waals surface area contributed by atoms with E-state index in [4.69, 9.17) is 14.2 Å². The third-order valence-electron chi connectivity index (χ3n) is 8.23.